The largest absolute Gasteiger partial charge is 0.329 e. The summed E-state index contributed by atoms with van der Waals surface area (Å²) in [5.74, 6) is 0.0484. The van der Waals surface area contributed by atoms with Crippen LogP contribution in [0.3, 0.4) is 0 Å². The number of hydrogen-bond donors (Lipinski definition) is 2. The quantitative estimate of drug-likeness (QED) is 0.831. The van der Waals surface area contributed by atoms with Crippen LogP contribution in [-0.2, 0) is 4.79 Å². The highest BCUT2D eigenvalue weighted by Crippen LogP contribution is 2.35. The van der Waals surface area contributed by atoms with Gasteiger partial charge in [0.05, 0.1) is 5.41 Å². The number of rotatable bonds is 3. The molecule has 0 aliphatic heterocycles. The first-order valence-corrected chi connectivity index (χ1v) is 7.73. The van der Waals surface area contributed by atoms with E-state index in [-0.39, 0.29) is 5.91 Å². The topological polar surface area (TPSA) is 55.1 Å². The summed E-state index contributed by atoms with van der Waals surface area (Å²) >= 11 is 6.00. The molecule has 0 unspecified atom stereocenters. The Kier molecular flexibility index (Phi) is 5.06. The van der Waals surface area contributed by atoms with Crippen LogP contribution in [0.4, 0.5) is 5.69 Å². The summed E-state index contributed by atoms with van der Waals surface area (Å²) in [6.45, 7) is 2.38. The molecule has 20 heavy (non-hydrogen) atoms. The van der Waals surface area contributed by atoms with Gasteiger partial charge in [0.15, 0.2) is 0 Å². The smallest absolute Gasteiger partial charge is 0.231 e. The lowest BCUT2D eigenvalue weighted by Gasteiger charge is -2.30. The molecule has 0 atom stereocenters. The summed E-state index contributed by atoms with van der Waals surface area (Å²) in [5.41, 5.74) is 7.34. The Balaban J connectivity index is 2.18. The highest BCUT2D eigenvalue weighted by atomic mass is 35.5. The van der Waals surface area contributed by atoms with Gasteiger partial charge in [-0.2, -0.15) is 0 Å². The number of hydrogen-bond acceptors (Lipinski definition) is 2. The van der Waals surface area contributed by atoms with E-state index in [0.717, 1.165) is 36.9 Å². The molecule has 3 N–H and O–H groups in total. The molecule has 110 valence electrons. The molecule has 2 rings (SSSR count). The van der Waals surface area contributed by atoms with E-state index in [4.69, 9.17) is 17.3 Å². The highest BCUT2D eigenvalue weighted by molar-refractivity contribution is 6.31. The molecule has 1 aliphatic rings. The summed E-state index contributed by atoms with van der Waals surface area (Å²) in [6.07, 6.45) is 6.33. The normalized spacial score (nSPS) is 18.4. The maximum absolute atomic E-state index is 12.7. The molecular weight excluding hydrogens is 272 g/mol. The van der Waals surface area contributed by atoms with Gasteiger partial charge in [0, 0.05) is 17.3 Å². The second-order valence-electron chi connectivity index (χ2n) is 5.81. The van der Waals surface area contributed by atoms with Crippen molar-refractivity contribution < 1.29 is 4.79 Å². The molecule has 0 aromatic heterocycles. The van der Waals surface area contributed by atoms with Gasteiger partial charge in [-0.15, -0.1) is 0 Å². The zero-order valence-corrected chi connectivity index (χ0v) is 12.8. The molecule has 1 aromatic carbocycles. The fraction of sp³-hybridized carbons (Fsp3) is 0.562. The minimum Gasteiger partial charge on any atom is -0.329 e. The summed E-state index contributed by atoms with van der Waals surface area (Å²) in [4.78, 5) is 12.7. The van der Waals surface area contributed by atoms with Gasteiger partial charge >= 0.3 is 0 Å². The molecular formula is C16H23ClN2O. The summed E-state index contributed by atoms with van der Waals surface area (Å²) in [7, 11) is 0. The SMILES string of the molecule is Cc1ccc(Cl)cc1NC(=O)C1(CN)CCCCCC1. The van der Waals surface area contributed by atoms with E-state index in [2.05, 4.69) is 5.32 Å². The Morgan fingerprint density at radius 2 is 1.95 bits per heavy atom. The summed E-state index contributed by atoms with van der Waals surface area (Å²) < 4.78 is 0. The number of halogens is 1. The molecule has 1 fully saturated rings. The Morgan fingerprint density at radius 1 is 1.30 bits per heavy atom. The molecule has 0 radical (unpaired) electrons. The predicted octanol–water partition coefficient (Wildman–Crippen LogP) is 3.89. The number of amides is 1. The molecule has 0 spiro atoms. The number of nitrogens with two attached hydrogens (primary N) is 1. The molecule has 3 nitrogen and oxygen atoms in total. The third-order valence-corrected chi connectivity index (χ3v) is 4.62. The monoisotopic (exact) mass is 294 g/mol. The lowest BCUT2D eigenvalue weighted by atomic mass is 9.79. The Hall–Kier alpha value is -1.06. The van der Waals surface area contributed by atoms with E-state index >= 15 is 0 Å². The van der Waals surface area contributed by atoms with Crippen LogP contribution >= 0.6 is 11.6 Å². The number of benzene rings is 1. The van der Waals surface area contributed by atoms with Crippen LogP contribution in [0.1, 0.15) is 44.1 Å². The number of aryl methyl sites for hydroxylation is 1. The van der Waals surface area contributed by atoms with Crippen LogP contribution in [-0.4, -0.2) is 12.5 Å². The number of carbonyl (C=O) groups excluding carboxylic acids is 1. The average Bonchev–Trinajstić information content (AvgIpc) is 2.69. The van der Waals surface area contributed by atoms with E-state index in [1.54, 1.807) is 6.07 Å². The molecule has 1 amide bonds. The van der Waals surface area contributed by atoms with Crippen molar-refractivity contribution in [2.24, 2.45) is 11.1 Å². The lowest BCUT2D eigenvalue weighted by Crippen LogP contribution is -2.42. The van der Waals surface area contributed by atoms with Crippen molar-refractivity contribution >= 4 is 23.2 Å². The number of anilines is 1. The molecule has 1 aromatic rings. The van der Waals surface area contributed by atoms with Gasteiger partial charge in [0.1, 0.15) is 0 Å². The summed E-state index contributed by atoms with van der Waals surface area (Å²) in [6, 6.07) is 5.55. The second kappa shape index (κ2) is 6.59. The second-order valence-corrected chi connectivity index (χ2v) is 6.25. The van der Waals surface area contributed by atoms with Gasteiger partial charge in [-0.05, 0) is 37.5 Å². The molecule has 0 heterocycles. The van der Waals surface area contributed by atoms with E-state index in [1.807, 2.05) is 19.1 Å². The lowest BCUT2D eigenvalue weighted by molar-refractivity contribution is -0.125. The van der Waals surface area contributed by atoms with Crippen LogP contribution in [0.2, 0.25) is 5.02 Å². The van der Waals surface area contributed by atoms with Crippen LogP contribution in [0, 0.1) is 12.3 Å². The summed E-state index contributed by atoms with van der Waals surface area (Å²) in [5, 5.41) is 3.67. The maximum atomic E-state index is 12.7. The van der Waals surface area contributed by atoms with Crippen LogP contribution in [0.25, 0.3) is 0 Å². The Labute approximate surface area is 125 Å². The first-order valence-electron chi connectivity index (χ1n) is 7.35. The highest BCUT2D eigenvalue weighted by Gasteiger charge is 2.37. The van der Waals surface area contributed by atoms with Gasteiger partial charge in [-0.25, -0.2) is 0 Å². The third-order valence-electron chi connectivity index (χ3n) is 4.38. The van der Waals surface area contributed by atoms with Crippen LogP contribution < -0.4 is 11.1 Å². The van der Waals surface area contributed by atoms with Crippen molar-refractivity contribution in [1.82, 2.24) is 0 Å². The Morgan fingerprint density at radius 3 is 2.55 bits per heavy atom. The average molecular weight is 295 g/mol. The first-order chi connectivity index (χ1) is 9.57. The molecule has 1 aliphatic carbocycles. The van der Waals surface area contributed by atoms with Gasteiger partial charge in [0.25, 0.3) is 0 Å². The van der Waals surface area contributed by atoms with Crippen molar-refractivity contribution in [2.75, 3.05) is 11.9 Å². The Bertz CT molecular complexity index is 479. The fourth-order valence-corrected chi connectivity index (χ4v) is 3.09. The molecule has 1 saturated carbocycles. The van der Waals surface area contributed by atoms with Crippen molar-refractivity contribution in [1.29, 1.82) is 0 Å². The van der Waals surface area contributed by atoms with E-state index < -0.39 is 5.41 Å². The maximum Gasteiger partial charge on any atom is 0.231 e. The van der Waals surface area contributed by atoms with Crippen molar-refractivity contribution in [3.63, 3.8) is 0 Å². The van der Waals surface area contributed by atoms with E-state index in [1.165, 1.54) is 12.8 Å². The first kappa shape index (κ1) is 15.3. The van der Waals surface area contributed by atoms with Gasteiger partial charge in [-0.3, -0.25) is 4.79 Å². The minimum absolute atomic E-state index is 0.0484. The van der Waals surface area contributed by atoms with Crippen molar-refractivity contribution in [3.8, 4) is 0 Å². The molecule has 0 bridgehead atoms. The predicted molar refractivity (Wildman–Crippen MR) is 84.0 cm³/mol. The number of nitrogens with one attached hydrogen (secondary N) is 1. The van der Waals surface area contributed by atoms with Crippen molar-refractivity contribution in [3.05, 3.63) is 28.8 Å². The van der Waals surface area contributed by atoms with Gasteiger partial charge in [0.2, 0.25) is 5.91 Å². The zero-order valence-electron chi connectivity index (χ0n) is 12.0. The molecule has 4 heteroatoms. The standard InChI is InChI=1S/C16H23ClN2O/c1-12-6-7-13(17)10-14(12)19-15(20)16(11-18)8-4-2-3-5-9-16/h6-7,10H,2-5,8-9,11,18H2,1H3,(H,19,20). The van der Waals surface area contributed by atoms with Crippen molar-refractivity contribution in [2.45, 2.75) is 45.4 Å². The van der Waals surface area contributed by atoms with E-state index in [0.29, 0.717) is 11.6 Å². The van der Waals surface area contributed by atoms with Gasteiger partial charge < -0.3 is 11.1 Å². The zero-order chi connectivity index (χ0) is 14.6. The van der Waals surface area contributed by atoms with Crippen LogP contribution in [0.5, 0.6) is 0 Å². The minimum atomic E-state index is -0.411. The van der Waals surface area contributed by atoms with Crippen LogP contribution in [0.15, 0.2) is 18.2 Å². The molecule has 0 saturated heterocycles. The van der Waals surface area contributed by atoms with E-state index in [9.17, 15) is 4.79 Å². The third kappa shape index (κ3) is 3.33. The number of carbonyl (C=O) groups is 1. The van der Waals surface area contributed by atoms with Gasteiger partial charge in [-0.1, -0.05) is 43.4 Å². The fourth-order valence-electron chi connectivity index (χ4n) is 2.91.